The SMILES string of the molecule is O=Cc1ccc(N2CCOCC2)c(O)c1[N+](=O)[O-]. The lowest BCUT2D eigenvalue weighted by atomic mass is 10.1. The van der Waals surface area contributed by atoms with E-state index in [1.165, 1.54) is 12.1 Å². The summed E-state index contributed by atoms with van der Waals surface area (Å²) < 4.78 is 5.17. The lowest BCUT2D eigenvalue weighted by Crippen LogP contribution is -2.36. The molecule has 0 atom stereocenters. The molecule has 7 nitrogen and oxygen atoms in total. The molecule has 7 heteroatoms. The van der Waals surface area contributed by atoms with Crippen molar-refractivity contribution < 1.29 is 19.6 Å². The number of carbonyl (C=O) groups is 1. The van der Waals surface area contributed by atoms with E-state index in [0.717, 1.165) is 0 Å². The van der Waals surface area contributed by atoms with Gasteiger partial charge in [0.05, 0.1) is 29.4 Å². The molecule has 1 aliphatic heterocycles. The van der Waals surface area contributed by atoms with Gasteiger partial charge in [0.15, 0.2) is 6.29 Å². The summed E-state index contributed by atoms with van der Waals surface area (Å²) in [5.41, 5.74) is -0.320. The summed E-state index contributed by atoms with van der Waals surface area (Å²) in [5, 5.41) is 20.8. The Labute approximate surface area is 103 Å². The van der Waals surface area contributed by atoms with Gasteiger partial charge in [0.25, 0.3) is 0 Å². The second-order valence-electron chi connectivity index (χ2n) is 3.85. The van der Waals surface area contributed by atoms with Crippen molar-refractivity contribution in [1.29, 1.82) is 0 Å². The molecule has 2 rings (SSSR count). The minimum atomic E-state index is -0.747. The van der Waals surface area contributed by atoms with Gasteiger partial charge < -0.3 is 14.7 Å². The molecule has 0 unspecified atom stereocenters. The maximum Gasteiger partial charge on any atom is 0.323 e. The van der Waals surface area contributed by atoms with E-state index in [1.807, 2.05) is 0 Å². The Bertz CT molecular complexity index is 483. The number of aromatic hydroxyl groups is 1. The molecule has 0 aliphatic carbocycles. The van der Waals surface area contributed by atoms with Crippen LogP contribution in [0.4, 0.5) is 11.4 Å². The molecule has 0 radical (unpaired) electrons. The van der Waals surface area contributed by atoms with Crippen LogP contribution in [0.2, 0.25) is 0 Å². The molecular weight excluding hydrogens is 240 g/mol. The summed E-state index contributed by atoms with van der Waals surface area (Å²) in [6.45, 7) is 2.10. The quantitative estimate of drug-likeness (QED) is 0.489. The van der Waals surface area contributed by atoms with Crippen LogP contribution >= 0.6 is 0 Å². The molecule has 1 saturated heterocycles. The van der Waals surface area contributed by atoms with E-state index in [-0.39, 0.29) is 5.56 Å². The van der Waals surface area contributed by atoms with Crippen LogP contribution < -0.4 is 4.90 Å². The zero-order chi connectivity index (χ0) is 13.1. The number of hydrogen-bond acceptors (Lipinski definition) is 6. The number of aldehydes is 1. The van der Waals surface area contributed by atoms with Crippen molar-refractivity contribution in [3.63, 3.8) is 0 Å². The number of nitro groups is 1. The fraction of sp³-hybridized carbons (Fsp3) is 0.364. The van der Waals surface area contributed by atoms with E-state index in [9.17, 15) is 20.0 Å². The van der Waals surface area contributed by atoms with Gasteiger partial charge >= 0.3 is 5.69 Å². The molecule has 1 aromatic carbocycles. The monoisotopic (exact) mass is 252 g/mol. The summed E-state index contributed by atoms with van der Waals surface area (Å²) >= 11 is 0. The molecule has 1 N–H and O–H groups in total. The number of nitrogens with zero attached hydrogens (tertiary/aromatic N) is 2. The molecule has 1 heterocycles. The van der Waals surface area contributed by atoms with Crippen LogP contribution in [0.25, 0.3) is 0 Å². The van der Waals surface area contributed by atoms with E-state index in [2.05, 4.69) is 0 Å². The van der Waals surface area contributed by atoms with Crippen molar-refractivity contribution in [3.05, 3.63) is 27.8 Å². The van der Waals surface area contributed by atoms with Gasteiger partial charge in [0.2, 0.25) is 5.75 Å². The third kappa shape index (κ3) is 2.12. The van der Waals surface area contributed by atoms with E-state index < -0.39 is 16.4 Å². The van der Waals surface area contributed by atoms with E-state index >= 15 is 0 Å². The molecule has 1 aromatic rings. The highest BCUT2D eigenvalue weighted by Gasteiger charge is 2.25. The molecule has 0 saturated carbocycles. The molecule has 1 fully saturated rings. The van der Waals surface area contributed by atoms with Gasteiger partial charge in [0.1, 0.15) is 0 Å². The first kappa shape index (κ1) is 12.3. The Balaban J connectivity index is 2.46. The van der Waals surface area contributed by atoms with Crippen molar-refractivity contribution in [2.75, 3.05) is 31.2 Å². The summed E-state index contributed by atoms with van der Waals surface area (Å²) in [6, 6.07) is 2.85. The number of phenolic OH excluding ortho intramolecular Hbond substituents is 1. The third-order valence-corrected chi connectivity index (χ3v) is 2.82. The van der Waals surface area contributed by atoms with Crippen molar-refractivity contribution in [2.45, 2.75) is 0 Å². The molecule has 18 heavy (non-hydrogen) atoms. The van der Waals surface area contributed by atoms with Crippen LogP contribution in [0.1, 0.15) is 10.4 Å². The van der Waals surface area contributed by atoms with Crippen molar-refractivity contribution in [3.8, 4) is 5.75 Å². The zero-order valence-electron chi connectivity index (χ0n) is 9.54. The van der Waals surface area contributed by atoms with Gasteiger partial charge in [0, 0.05) is 13.1 Å². The molecule has 0 aromatic heterocycles. The molecule has 0 amide bonds. The number of anilines is 1. The number of hydrogen-bond donors (Lipinski definition) is 1. The highest BCUT2D eigenvalue weighted by molar-refractivity contribution is 5.87. The average molecular weight is 252 g/mol. The lowest BCUT2D eigenvalue weighted by molar-refractivity contribution is -0.386. The Kier molecular flexibility index (Phi) is 3.42. The third-order valence-electron chi connectivity index (χ3n) is 2.82. The molecular formula is C11H12N2O5. The van der Waals surface area contributed by atoms with Crippen LogP contribution in [0.15, 0.2) is 12.1 Å². The Morgan fingerprint density at radius 1 is 1.39 bits per heavy atom. The van der Waals surface area contributed by atoms with Crippen molar-refractivity contribution in [2.24, 2.45) is 0 Å². The number of phenols is 1. The van der Waals surface area contributed by atoms with Crippen LogP contribution in [0.5, 0.6) is 5.75 Å². The number of carbonyl (C=O) groups excluding carboxylic acids is 1. The second kappa shape index (κ2) is 5.01. The fourth-order valence-electron chi connectivity index (χ4n) is 1.93. The maximum absolute atomic E-state index is 10.9. The van der Waals surface area contributed by atoms with Gasteiger partial charge in [-0.25, -0.2) is 0 Å². The molecule has 1 aliphatic rings. The number of morpholine rings is 1. The summed E-state index contributed by atoms with van der Waals surface area (Å²) in [7, 11) is 0. The highest BCUT2D eigenvalue weighted by atomic mass is 16.6. The summed E-state index contributed by atoms with van der Waals surface area (Å²) in [6.07, 6.45) is 0.362. The van der Waals surface area contributed by atoms with E-state index in [0.29, 0.717) is 38.3 Å². The first-order valence-electron chi connectivity index (χ1n) is 5.43. The molecule has 96 valence electrons. The normalized spacial score (nSPS) is 15.4. The van der Waals surface area contributed by atoms with E-state index in [4.69, 9.17) is 4.74 Å². The van der Waals surface area contributed by atoms with Gasteiger partial charge in [-0.1, -0.05) is 0 Å². The van der Waals surface area contributed by atoms with Crippen LogP contribution in [0, 0.1) is 10.1 Å². The number of nitro benzene ring substituents is 1. The van der Waals surface area contributed by atoms with Crippen LogP contribution in [-0.2, 0) is 4.74 Å². The van der Waals surface area contributed by atoms with Crippen LogP contribution in [0.3, 0.4) is 0 Å². The predicted molar refractivity (Wildman–Crippen MR) is 63.2 cm³/mol. The minimum Gasteiger partial charge on any atom is -0.501 e. The molecule has 0 bridgehead atoms. The predicted octanol–water partition coefficient (Wildman–Crippen LogP) is 0.949. The van der Waals surface area contributed by atoms with Crippen LogP contribution in [-0.4, -0.2) is 42.6 Å². The van der Waals surface area contributed by atoms with Gasteiger partial charge in [-0.05, 0) is 12.1 Å². The Hall–Kier alpha value is -2.15. The maximum atomic E-state index is 10.9. The summed E-state index contributed by atoms with van der Waals surface area (Å²) in [5.74, 6) is -0.466. The highest BCUT2D eigenvalue weighted by Crippen LogP contribution is 2.38. The Morgan fingerprint density at radius 2 is 2.06 bits per heavy atom. The second-order valence-corrected chi connectivity index (χ2v) is 3.85. The number of ether oxygens (including phenoxy) is 1. The van der Waals surface area contributed by atoms with Gasteiger partial charge in [-0.3, -0.25) is 14.9 Å². The van der Waals surface area contributed by atoms with Gasteiger partial charge in [-0.15, -0.1) is 0 Å². The largest absolute Gasteiger partial charge is 0.501 e. The Morgan fingerprint density at radius 3 is 2.61 bits per heavy atom. The average Bonchev–Trinajstić information content (AvgIpc) is 2.38. The van der Waals surface area contributed by atoms with Crippen molar-refractivity contribution in [1.82, 2.24) is 0 Å². The minimum absolute atomic E-state index is 0.130. The fourth-order valence-corrected chi connectivity index (χ4v) is 1.93. The zero-order valence-corrected chi connectivity index (χ0v) is 9.54. The van der Waals surface area contributed by atoms with Gasteiger partial charge in [-0.2, -0.15) is 0 Å². The summed E-state index contributed by atoms with van der Waals surface area (Å²) in [4.78, 5) is 22.6. The first-order valence-corrected chi connectivity index (χ1v) is 5.43. The number of rotatable bonds is 3. The van der Waals surface area contributed by atoms with E-state index in [1.54, 1.807) is 4.90 Å². The molecule has 0 spiro atoms. The lowest BCUT2D eigenvalue weighted by Gasteiger charge is -2.29. The first-order chi connectivity index (χ1) is 8.65. The topological polar surface area (TPSA) is 92.9 Å². The van der Waals surface area contributed by atoms with Crippen molar-refractivity contribution >= 4 is 17.7 Å². The number of benzene rings is 1. The smallest absolute Gasteiger partial charge is 0.323 e. The standard InChI is InChI=1S/C11H12N2O5/c14-7-8-1-2-9(11(15)10(8)13(16)17)12-3-5-18-6-4-12/h1-2,7,15H,3-6H2.